The third-order valence-corrected chi connectivity index (χ3v) is 3.06. The Balaban J connectivity index is 1.83. The lowest BCUT2D eigenvalue weighted by molar-refractivity contribution is -0.385. The average Bonchev–Trinajstić information content (AvgIpc) is 3.07. The van der Waals surface area contributed by atoms with Crippen LogP contribution in [0.5, 0.6) is 0 Å². The molecule has 0 fully saturated rings. The summed E-state index contributed by atoms with van der Waals surface area (Å²) in [7, 11) is 0. The third kappa shape index (κ3) is 3.87. The van der Waals surface area contributed by atoms with E-state index in [9.17, 15) is 25.0 Å². The zero-order valence-electron chi connectivity index (χ0n) is 12.1. The zero-order chi connectivity index (χ0) is 17.0. The monoisotopic (exact) mass is 323 g/mol. The molecule has 23 heavy (non-hydrogen) atoms. The van der Waals surface area contributed by atoms with E-state index < -0.39 is 9.85 Å². The van der Waals surface area contributed by atoms with Crippen molar-refractivity contribution >= 4 is 17.3 Å². The number of hydrogen-bond acceptors (Lipinski definition) is 7. The maximum absolute atomic E-state index is 11.8. The molecule has 122 valence electrons. The van der Waals surface area contributed by atoms with E-state index in [0.717, 1.165) is 12.4 Å². The number of rotatable bonds is 7. The van der Waals surface area contributed by atoms with Gasteiger partial charge in [-0.25, -0.2) is 0 Å². The van der Waals surface area contributed by atoms with Crippen LogP contribution in [0.15, 0.2) is 18.6 Å². The molecule has 2 rings (SSSR count). The molecule has 0 spiro atoms. The quantitative estimate of drug-likeness (QED) is 0.557. The van der Waals surface area contributed by atoms with E-state index in [-0.39, 0.29) is 42.6 Å². The molecule has 0 aliphatic heterocycles. The second-order valence-corrected chi connectivity index (χ2v) is 4.60. The first-order valence-corrected chi connectivity index (χ1v) is 6.49. The highest BCUT2D eigenvalue weighted by Gasteiger charge is 2.17. The highest BCUT2D eigenvalue weighted by Crippen LogP contribution is 2.15. The van der Waals surface area contributed by atoms with Gasteiger partial charge in [-0.1, -0.05) is 0 Å². The molecule has 2 aromatic rings. The van der Waals surface area contributed by atoms with Crippen molar-refractivity contribution in [2.75, 3.05) is 6.54 Å². The zero-order valence-corrected chi connectivity index (χ0v) is 12.1. The molecule has 0 aliphatic carbocycles. The van der Waals surface area contributed by atoms with Crippen LogP contribution in [-0.4, -0.2) is 41.9 Å². The molecule has 0 aromatic carbocycles. The van der Waals surface area contributed by atoms with Crippen LogP contribution in [0.4, 0.5) is 11.4 Å². The first kappa shape index (κ1) is 16.1. The molecule has 2 heterocycles. The van der Waals surface area contributed by atoms with Gasteiger partial charge in [0.25, 0.3) is 0 Å². The molecule has 12 nitrogen and oxygen atoms in total. The van der Waals surface area contributed by atoms with Gasteiger partial charge in [0.2, 0.25) is 5.91 Å². The molecular formula is C11H13N7O5. The Bertz CT molecular complexity index is 750. The molecule has 1 N–H and O–H groups in total. The van der Waals surface area contributed by atoms with Gasteiger partial charge in [0.05, 0.1) is 16.4 Å². The highest BCUT2D eigenvalue weighted by molar-refractivity contribution is 5.75. The van der Waals surface area contributed by atoms with E-state index in [1.165, 1.54) is 22.5 Å². The average molecular weight is 323 g/mol. The fourth-order valence-corrected chi connectivity index (χ4v) is 1.85. The minimum absolute atomic E-state index is 0.129. The van der Waals surface area contributed by atoms with Crippen LogP contribution < -0.4 is 5.32 Å². The number of carbonyl (C=O) groups is 1. The summed E-state index contributed by atoms with van der Waals surface area (Å²) >= 11 is 0. The second-order valence-electron chi connectivity index (χ2n) is 4.60. The summed E-state index contributed by atoms with van der Waals surface area (Å²) in [5.41, 5.74) is 0.00491. The van der Waals surface area contributed by atoms with Crippen LogP contribution >= 0.6 is 0 Å². The molecule has 0 unspecified atom stereocenters. The maximum Gasteiger partial charge on any atom is 0.309 e. The summed E-state index contributed by atoms with van der Waals surface area (Å²) in [5.74, 6) is -0.382. The van der Waals surface area contributed by atoms with Crippen LogP contribution in [0.2, 0.25) is 0 Å². The van der Waals surface area contributed by atoms with Gasteiger partial charge in [0.15, 0.2) is 0 Å². The van der Waals surface area contributed by atoms with Crippen molar-refractivity contribution in [3.05, 3.63) is 44.5 Å². The van der Waals surface area contributed by atoms with E-state index in [1.54, 1.807) is 0 Å². The largest absolute Gasteiger partial charge is 0.353 e. The first-order chi connectivity index (χ1) is 10.9. The van der Waals surface area contributed by atoms with Gasteiger partial charge in [0, 0.05) is 6.54 Å². The van der Waals surface area contributed by atoms with Gasteiger partial charge in [-0.05, 0) is 6.92 Å². The molecule has 0 bridgehead atoms. The lowest BCUT2D eigenvalue weighted by Gasteiger charge is -2.06. The molecule has 2 aromatic heterocycles. The Morgan fingerprint density at radius 3 is 2.57 bits per heavy atom. The number of amides is 1. The van der Waals surface area contributed by atoms with Crippen LogP contribution in [0, 0.1) is 27.2 Å². The number of carbonyl (C=O) groups excluding carboxylic acids is 1. The Hall–Kier alpha value is -3.31. The minimum Gasteiger partial charge on any atom is -0.353 e. The summed E-state index contributed by atoms with van der Waals surface area (Å²) in [5, 5.41) is 31.4. The van der Waals surface area contributed by atoms with Crippen molar-refractivity contribution in [3.63, 3.8) is 0 Å². The van der Waals surface area contributed by atoms with Crippen molar-refractivity contribution < 1.29 is 14.6 Å². The summed E-state index contributed by atoms with van der Waals surface area (Å²) in [6.07, 6.45) is 3.46. The molecular weight excluding hydrogens is 310 g/mol. The molecule has 0 atom stereocenters. The Morgan fingerprint density at radius 2 is 2.00 bits per heavy atom. The second kappa shape index (κ2) is 6.64. The van der Waals surface area contributed by atoms with E-state index in [0.29, 0.717) is 0 Å². The fourth-order valence-electron chi connectivity index (χ4n) is 1.85. The van der Waals surface area contributed by atoms with Crippen LogP contribution in [0.3, 0.4) is 0 Å². The fraction of sp³-hybridized carbons (Fsp3) is 0.364. The molecule has 1 amide bonds. The lowest BCUT2D eigenvalue weighted by atomic mass is 10.4. The number of nitro groups is 2. The molecule has 0 saturated carbocycles. The topological polar surface area (TPSA) is 151 Å². The number of nitrogens with one attached hydrogen (secondary N) is 1. The molecule has 0 radical (unpaired) electrons. The first-order valence-electron chi connectivity index (χ1n) is 6.49. The summed E-state index contributed by atoms with van der Waals surface area (Å²) in [4.78, 5) is 31.8. The Labute approximate surface area is 129 Å². The van der Waals surface area contributed by atoms with Gasteiger partial charge < -0.3 is 5.32 Å². The highest BCUT2D eigenvalue weighted by atomic mass is 16.6. The van der Waals surface area contributed by atoms with Crippen molar-refractivity contribution in [3.8, 4) is 0 Å². The minimum atomic E-state index is -0.568. The van der Waals surface area contributed by atoms with E-state index in [1.807, 2.05) is 0 Å². The predicted molar refractivity (Wildman–Crippen MR) is 75.5 cm³/mol. The van der Waals surface area contributed by atoms with Gasteiger partial charge in [0.1, 0.15) is 30.8 Å². The van der Waals surface area contributed by atoms with Gasteiger partial charge in [-0.2, -0.15) is 10.2 Å². The van der Waals surface area contributed by atoms with E-state index in [2.05, 4.69) is 15.5 Å². The summed E-state index contributed by atoms with van der Waals surface area (Å²) < 4.78 is 2.56. The Morgan fingerprint density at radius 1 is 1.26 bits per heavy atom. The molecule has 0 aliphatic rings. The van der Waals surface area contributed by atoms with Crippen molar-refractivity contribution in [1.29, 1.82) is 0 Å². The summed E-state index contributed by atoms with van der Waals surface area (Å²) in [6.45, 7) is 1.82. The van der Waals surface area contributed by atoms with Gasteiger partial charge in [-0.15, -0.1) is 0 Å². The normalized spacial score (nSPS) is 10.5. The van der Waals surface area contributed by atoms with Crippen molar-refractivity contribution in [2.45, 2.75) is 20.0 Å². The van der Waals surface area contributed by atoms with Crippen LogP contribution in [0.25, 0.3) is 0 Å². The van der Waals surface area contributed by atoms with Crippen LogP contribution in [-0.2, 0) is 17.9 Å². The van der Waals surface area contributed by atoms with Crippen molar-refractivity contribution in [2.24, 2.45) is 0 Å². The predicted octanol–water partition coefficient (Wildman–Crippen LogP) is 0.0208. The Kier molecular flexibility index (Phi) is 4.64. The maximum atomic E-state index is 11.8. The molecule has 0 saturated heterocycles. The third-order valence-electron chi connectivity index (χ3n) is 3.06. The van der Waals surface area contributed by atoms with E-state index >= 15 is 0 Å². The number of aromatic nitrogens is 4. The molecule has 12 heteroatoms. The van der Waals surface area contributed by atoms with Gasteiger partial charge in [-0.3, -0.25) is 34.4 Å². The standard InChI is InChI=1S/C11H13N7O5/c1-8-10(18(22)23)5-14-16(8)7-11(19)12-2-3-15-6-9(4-13-15)17(20)21/h4-6H,2-3,7H2,1H3,(H,12,19). The SMILES string of the molecule is Cc1c([N+](=O)[O-])cnn1CC(=O)NCCn1cc([N+](=O)[O-])cn1. The smallest absolute Gasteiger partial charge is 0.309 e. The van der Waals surface area contributed by atoms with E-state index in [4.69, 9.17) is 0 Å². The van der Waals surface area contributed by atoms with Gasteiger partial charge >= 0.3 is 11.4 Å². The van der Waals surface area contributed by atoms with Crippen molar-refractivity contribution in [1.82, 2.24) is 24.9 Å². The number of nitrogens with zero attached hydrogens (tertiary/aromatic N) is 6. The number of hydrogen-bond donors (Lipinski definition) is 1. The van der Waals surface area contributed by atoms with Crippen LogP contribution in [0.1, 0.15) is 5.69 Å². The lowest BCUT2D eigenvalue weighted by Crippen LogP contribution is -2.31. The summed E-state index contributed by atoms with van der Waals surface area (Å²) in [6, 6.07) is 0.